The van der Waals surface area contributed by atoms with Crippen LogP contribution in [0.25, 0.3) is 5.70 Å². The summed E-state index contributed by atoms with van der Waals surface area (Å²) >= 11 is 1.63. The fourth-order valence-electron chi connectivity index (χ4n) is 8.93. The molecular weight excluding hydrogens is 705 g/mol. The van der Waals surface area contributed by atoms with Crippen LogP contribution >= 0.6 is 11.3 Å². The van der Waals surface area contributed by atoms with E-state index in [9.17, 15) is 0 Å². The van der Waals surface area contributed by atoms with E-state index < -0.39 is 0 Å². The average molecular weight is 773 g/mol. The molecule has 56 heavy (non-hydrogen) atoms. The van der Waals surface area contributed by atoms with E-state index in [0.29, 0.717) is 18.5 Å². The predicted octanol–water partition coefficient (Wildman–Crippen LogP) is 10.5. The summed E-state index contributed by atoms with van der Waals surface area (Å²) in [7, 11) is 0. The Morgan fingerprint density at radius 2 is 1.75 bits per heavy atom. The van der Waals surface area contributed by atoms with Gasteiger partial charge >= 0.3 is 0 Å². The number of amidine groups is 1. The molecule has 0 radical (unpaired) electrons. The molecule has 2 atom stereocenters. The van der Waals surface area contributed by atoms with Crippen molar-refractivity contribution < 1.29 is 0 Å². The third-order valence-corrected chi connectivity index (χ3v) is 13.4. The Kier molecular flexibility index (Phi) is 13.6. The summed E-state index contributed by atoms with van der Waals surface area (Å²) in [6.07, 6.45) is 15.6. The maximum absolute atomic E-state index is 4.82. The number of nitrogens with zero attached hydrogens (tertiary/aromatic N) is 5. The number of benzene rings is 1. The van der Waals surface area contributed by atoms with Crippen LogP contribution in [0, 0.1) is 11.3 Å². The van der Waals surface area contributed by atoms with Crippen LogP contribution in [0.3, 0.4) is 0 Å². The van der Waals surface area contributed by atoms with E-state index in [1.165, 1.54) is 76.1 Å². The lowest BCUT2D eigenvalue weighted by Crippen LogP contribution is -2.48. The van der Waals surface area contributed by atoms with Crippen LogP contribution in [0.4, 0.5) is 0 Å². The van der Waals surface area contributed by atoms with E-state index >= 15 is 0 Å². The van der Waals surface area contributed by atoms with Crippen molar-refractivity contribution in [2.75, 3.05) is 45.8 Å². The van der Waals surface area contributed by atoms with Crippen molar-refractivity contribution in [3.8, 4) is 0 Å². The summed E-state index contributed by atoms with van der Waals surface area (Å²) in [6.45, 7) is 40.6. The van der Waals surface area contributed by atoms with Gasteiger partial charge in [-0.2, -0.15) is 0 Å². The van der Waals surface area contributed by atoms with Gasteiger partial charge < -0.3 is 15.1 Å². The van der Waals surface area contributed by atoms with Crippen LogP contribution in [0.15, 0.2) is 106 Å². The lowest BCUT2D eigenvalue weighted by molar-refractivity contribution is 0.134. The number of rotatable bonds is 16. The van der Waals surface area contributed by atoms with Crippen LogP contribution in [0.5, 0.6) is 0 Å². The molecule has 4 aliphatic rings. The number of hydrogen-bond donors (Lipinski definition) is 1. The largest absolute Gasteiger partial charge is 0.343 e. The smallest absolute Gasteiger partial charge is 0.162 e. The molecule has 2 unspecified atom stereocenters. The number of fused-ring (bicyclic) bond motifs is 3. The van der Waals surface area contributed by atoms with E-state index in [1.807, 2.05) is 11.6 Å². The lowest BCUT2D eigenvalue weighted by atomic mass is 9.75. The average Bonchev–Trinajstić information content (AvgIpc) is 3.72. The lowest BCUT2D eigenvalue weighted by Gasteiger charge is -2.47. The number of hydrogen-bond acceptors (Lipinski definition) is 7. The number of aromatic nitrogens is 1. The topological polar surface area (TPSA) is 47.0 Å². The van der Waals surface area contributed by atoms with Crippen LogP contribution in [-0.2, 0) is 19.3 Å². The molecule has 5 heterocycles. The van der Waals surface area contributed by atoms with Gasteiger partial charge in [-0.3, -0.25) is 9.89 Å². The number of thiazole rings is 1. The first-order chi connectivity index (χ1) is 26.8. The van der Waals surface area contributed by atoms with Crippen LogP contribution < -0.4 is 5.32 Å². The Hall–Kier alpha value is -3.78. The molecule has 300 valence electrons. The van der Waals surface area contributed by atoms with Gasteiger partial charge in [-0.05, 0) is 133 Å². The molecule has 0 bridgehead atoms. The second kappa shape index (κ2) is 18.2. The Labute approximate surface area is 343 Å². The fourth-order valence-corrected chi connectivity index (χ4v) is 9.53. The monoisotopic (exact) mass is 773 g/mol. The van der Waals surface area contributed by atoms with Crippen LogP contribution in [0.1, 0.15) is 108 Å². The normalized spacial score (nSPS) is 19.8. The van der Waals surface area contributed by atoms with E-state index in [2.05, 4.69) is 124 Å². The fraction of sp³-hybridized carbons (Fsp3) is 0.510. The zero-order chi connectivity index (χ0) is 40.1. The van der Waals surface area contributed by atoms with Crippen LogP contribution in [0.2, 0.25) is 0 Å². The van der Waals surface area contributed by atoms with Crippen LogP contribution in [-0.4, -0.2) is 77.4 Å². The number of piperazine rings is 1. The molecule has 4 aliphatic heterocycles. The molecule has 0 amide bonds. The molecule has 2 aromatic rings. The zero-order valence-corrected chi connectivity index (χ0v) is 36.5. The van der Waals surface area contributed by atoms with E-state index in [1.54, 1.807) is 16.9 Å². The van der Waals surface area contributed by atoms with Crippen molar-refractivity contribution in [2.45, 2.75) is 106 Å². The molecule has 0 saturated carbocycles. The molecule has 6 rings (SSSR count). The molecule has 0 spiro atoms. The summed E-state index contributed by atoms with van der Waals surface area (Å²) in [6, 6.07) is 5.45. The van der Waals surface area contributed by atoms with Gasteiger partial charge in [0.05, 0.1) is 6.54 Å². The molecule has 7 heteroatoms. The molecule has 1 N–H and O–H groups in total. The summed E-state index contributed by atoms with van der Waals surface area (Å²) in [4.78, 5) is 17.1. The minimum Gasteiger partial charge on any atom is -0.343 e. The van der Waals surface area contributed by atoms with Gasteiger partial charge in [-0.15, -0.1) is 11.3 Å². The minimum absolute atomic E-state index is 0.127. The highest BCUT2D eigenvalue weighted by molar-refractivity contribution is 7.11. The second-order valence-electron chi connectivity index (χ2n) is 17.7. The van der Waals surface area contributed by atoms with E-state index in [0.717, 1.165) is 86.9 Å². The molecule has 1 saturated heterocycles. The third-order valence-electron chi connectivity index (χ3n) is 12.6. The zero-order valence-electron chi connectivity index (χ0n) is 35.7. The summed E-state index contributed by atoms with van der Waals surface area (Å²) < 4.78 is 0. The van der Waals surface area contributed by atoms with Crippen molar-refractivity contribution in [3.05, 3.63) is 129 Å². The first-order valence-electron chi connectivity index (χ1n) is 21.2. The number of aryl methyl sites for hydroxylation is 2. The summed E-state index contributed by atoms with van der Waals surface area (Å²) in [5.74, 6) is 1.47. The minimum atomic E-state index is 0.127. The highest BCUT2D eigenvalue weighted by atomic mass is 32.1. The van der Waals surface area contributed by atoms with Crippen molar-refractivity contribution >= 4 is 22.9 Å². The van der Waals surface area contributed by atoms with Crippen molar-refractivity contribution in [1.82, 2.24) is 25.0 Å². The Balaban J connectivity index is 1.01. The highest BCUT2D eigenvalue weighted by Crippen LogP contribution is 2.44. The molecule has 1 fully saturated rings. The summed E-state index contributed by atoms with van der Waals surface area (Å²) in [5, 5.41) is 6.62. The third kappa shape index (κ3) is 9.66. The number of aliphatic imine (C=N–C) groups is 1. The number of nitrogens with one attached hydrogen (secondary N) is 1. The van der Waals surface area contributed by atoms with Gasteiger partial charge in [-0.1, -0.05) is 79.0 Å². The van der Waals surface area contributed by atoms with Gasteiger partial charge in [0.2, 0.25) is 0 Å². The molecule has 1 aromatic heterocycles. The first-order valence-corrected chi connectivity index (χ1v) is 22.1. The Morgan fingerprint density at radius 3 is 2.39 bits per heavy atom. The quantitative estimate of drug-likeness (QED) is 0.136. The van der Waals surface area contributed by atoms with Gasteiger partial charge in [0.25, 0.3) is 0 Å². The second-order valence-corrected chi connectivity index (χ2v) is 18.6. The molecular formula is C49H68N6S. The SMILES string of the molecule is C=C(C)C1=CN2C(=CC1=C)c1cc(CC)c(CCCCC(CCN3CCN(CC4=C(C(=C)CC)CN=C(c5nccs5)N4)CC3)C(=C)C)cc1CC2C(C)(C)C. The summed E-state index contributed by atoms with van der Waals surface area (Å²) in [5.41, 5.74) is 15.7. The van der Waals surface area contributed by atoms with Gasteiger partial charge in [0.1, 0.15) is 0 Å². The predicted molar refractivity (Wildman–Crippen MR) is 241 cm³/mol. The Morgan fingerprint density at radius 1 is 1.00 bits per heavy atom. The maximum atomic E-state index is 4.82. The van der Waals surface area contributed by atoms with Crippen molar-refractivity contribution in [3.63, 3.8) is 0 Å². The first kappa shape index (κ1) is 41.8. The van der Waals surface area contributed by atoms with Gasteiger partial charge in [-0.25, -0.2) is 4.98 Å². The van der Waals surface area contributed by atoms with Gasteiger partial charge in [0, 0.05) is 73.5 Å². The number of unbranched alkanes of at least 4 members (excludes halogenated alkanes) is 1. The van der Waals surface area contributed by atoms with E-state index in [-0.39, 0.29) is 5.41 Å². The van der Waals surface area contributed by atoms with Crippen molar-refractivity contribution in [2.24, 2.45) is 16.3 Å². The molecule has 6 nitrogen and oxygen atoms in total. The molecule has 0 aliphatic carbocycles. The highest BCUT2D eigenvalue weighted by Gasteiger charge is 2.38. The van der Waals surface area contributed by atoms with E-state index in [4.69, 9.17) is 4.99 Å². The standard InChI is InChI=1S/C49H68N6S/c1-12-35(7)42-30-51-47(48-50-19-25-56-48)52-44(42)32-54-23-21-53(22-24-54)20-18-38(33(3)4)16-14-15-17-39-27-40-29-46(49(9,10)11)55-31-43(34(5)6)36(8)26-45(55)41(40)28-37(39)13-2/h19,25-28,31,38,46H,3,5,7-8,12-18,20-24,29-30,32H2,1-2,4,6,9-11H3,(H,51,52). The molecule has 1 aromatic carbocycles. The van der Waals surface area contributed by atoms with Gasteiger partial charge in [0.15, 0.2) is 10.8 Å². The van der Waals surface area contributed by atoms with Crippen molar-refractivity contribution in [1.29, 1.82) is 0 Å². The number of allylic oxidation sites excluding steroid dienone is 5. The maximum Gasteiger partial charge on any atom is 0.162 e. The Bertz CT molecular complexity index is 1920.